The summed E-state index contributed by atoms with van der Waals surface area (Å²) in [4.78, 5) is 0. The van der Waals surface area contributed by atoms with E-state index in [1.165, 1.54) is 0 Å². The maximum absolute atomic E-state index is 10.3. The average molecular weight is 447 g/mol. The van der Waals surface area contributed by atoms with Gasteiger partial charge in [0.05, 0.1) is 12.2 Å². The van der Waals surface area contributed by atoms with Crippen molar-refractivity contribution in [2.24, 2.45) is 11.5 Å². The van der Waals surface area contributed by atoms with Crippen molar-refractivity contribution in [3.8, 4) is 11.5 Å². The van der Waals surface area contributed by atoms with Crippen LogP contribution in [0.3, 0.4) is 0 Å². The zero-order valence-corrected chi connectivity index (χ0v) is 18.6. The van der Waals surface area contributed by atoms with Gasteiger partial charge in [-0.1, -0.05) is 25.0 Å². The highest BCUT2D eigenvalue weighted by atomic mass is 16.3. The maximum atomic E-state index is 10.3. The van der Waals surface area contributed by atoms with E-state index in [1.54, 1.807) is 36.4 Å². The van der Waals surface area contributed by atoms with Crippen LogP contribution in [-0.4, -0.2) is 46.6 Å². The van der Waals surface area contributed by atoms with Crippen LogP contribution >= 0.6 is 0 Å². The zero-order valence-electron chi connectivity index (χ0n) is 18.6. The first kappa shape index (κ1) is 26.1. The molecule has 0 saturated carbocycles. The number of hydrogen-bond donors (Lipinski definition) is 8. The number of phenolic OH excluding ortho intramolecular Hbond substituents is 2. The van der Waals surface area contributed by atoms with Crippen LogP contribution in [-0.2, 0) is 13.1 Å². The molecule has 0 aromatic heterocycles. The molecule has 0 aliphatic rings. The molecule has 8 nitrogen and oxygen atoms in total. The van der Waals surface area contributed by atoms with Gasteiger partial charge in [-0.05, 0) is 61.3 Å². The predicted octanol–water partition coefficient (Wildman–Crippen LogP) is 1.52. The van der Waals surface area contributed by atoms with Crippen molar-refractivity contribution in [2.45, 2.75) is 51.0 Å². The third-order valence-electron chi connectivity index (χ3n) is 5.55. The summed E-state index contributed by atoms with van der Waals surface area (Å²) in [6, 6.07) is 10.0. The Morgan fingerprint density at radius 2 is 1.06 bits per heavy atom. The first-order valence-corrected chi connectivity index (χ1v) is 11.3. The third kappa shape index (κ3) is 8.38. The molecule has 0 amide bonds. The first-order chi connectivity index (χ1) is 15.5. The van der Waals surface area contributed by atoms with Gasteiger partial charge in [-0.3, -0.25) is 0 Å². The van der Waals surface area contributed by atoms with E-state index in [2.05, 4.69) is 10.6 Å². The van der Waals surface area contributed by atoms with E-state index in [0.717, 1.165) is 49.9 Å². The molecule has 0 aliphatic heterocycles. The van der Waals surface area contributed by atoms with Crippen LogP contribution in [0.25, 0.3) is 0 Å². The van der Waals surface area contributed by atoms with Crippen LogP contribution in [0.15, 0.2) is 36.4 Å². The highest BCUT2D eigenvalue weighted by molar-refractivity contribution is 5.37. The van der Waals surface area contributed by atoms with Crippen LogP contribution in [0, 0.1) is 0 Å². The van der Waals surface area contributed by atoms with Crippen LogP contribution in [0.2, 0.25) is 0 Å². The van der Waals surface area contributed by atoms with E-state index < -0.39 is 12.2 Å². The lowest BCUT2D eigenvalue weighted by atomic mass is 10.0. The molecule has 0 saturated heterocycles. The second-order valence-corrected chi connectivity index (χ2v) is 8.04. The Hall–Kier alpha value is -2.20. The normalized spacial score (nSPS) is 13.2. The molecule has 2 rings (SSSR count). The highest BCUT2D eigenvalue weighted by Crippen LogP contribution is 2.22. The van der Waals surface area contributed by atoms with Crippen molar-refractivity contribution in [2.75, 3.05) is 26.2 Å². The minimum atomic E-state index is -0.633. The van der Waals surface area contributed by atoms with Crippen molar-refractivity contribution in [3.63, 3.8) is 0 Å². The molecule has 0 fully saturated rings. The summed E-state index contributed by atoms with van der Waals surface area (Å²) in [5.74, 6) is 0.308. The largest absolute Gasteiger partial charge is 0.508 e. The van der Waals surface area contributed by atoms with E-state index in [0.29, 0.717) is 24.2 Å². The van der Waals surface area contributed by atoms with Crippen LogP contribution in [0.5, 0.6) is 11.5 Å². The molecule has 32 heavy (non-hydrogen) atoms. The van der Waals surface area contributed by atoms with E-state index in [1.807, 2.05) is 0 Å². The molecule has 2 atom stereocenters. The topological polar surface area (TPSA) is 157 Å². The lowest BCUT2D eigenvalue weighted by Gasteiger charge is -2.14. The molecule has 178 valence electrons. The standard InChI is InChI=1S/C24H38N4O4/c25-13-19-11-17(5-7-21(19)29)23(31)15-27-9-3-1-2-4-10-28-16-24(32)18-6-8-22(30)20(12-18)14-26/h5-8,11-12,23-24,27-32H,1-4,9-10,13-16,25-26H2. The number of unbranched alkanes of at least 4 members (excludes halogenated alkanes) is 3. The zero-order chi connectivity index (χ0) is 23.3. The number of benzene rings is 2. The Morgan fingerprint density at radius 1 is 0.656 bits per heavy atom. The van der Waals surface area contributed by atoms with Crippen LogP contribution in [0.1, 0.15) is 60.1 Å². The minimum Gasteiger partial charge on any atom is -0.508 e. The fourth-order valence-corrected chi connectivity index (χ4v) is 3.52. The fourth-order valence-electron chi connectivity index (χ4n) is 3.52. The summed E-state index contributed by atoms with van der Waals surface area (Å²) in [6.45, 7) is 3.04. The quantitative estimate of drug-likeness (QED) is 0.191. The van der Waals surface area contributed by atoms with Gasteiger partial charge < -0.3 is 42.5 Å². The van der Waals surface area contributed by atoms with Crippen molar-refractivity contribution >= 4 is 0 Å². The second kappa shape index (κ2) is 14.1. The second-order valence-electron chi connectivity index (χ2n) is 8.04. The van der Waals surface area contributed by atoms with Gasteiger partial charge in [-0.25, -0.2) is 0 Å². The van der Waals surface area contributed by atoms with Crippen molar-refractivity contribution < 1.29 is 20.4 Å². The first-order valence-electron chi connectivity index (χ1n) is 11.3. The van der Waals surface area contributed by atoms with Crippen LogP contribution < -0.4 is 22.1 Å². The Labute approximate surface area is 190 Å². The minimum absolute atomic E-state index is 0.154. The summed E-state index contributed by atoms with van der Waals surface area (Å²) >= 11 is 0. The van der Waals surface area contributed by atoms with E-state index in [-0.39, 0.29) is 24.6 Å². The SMILES string of the molecule is NCc1cc(C(O)CNCCCCCCNCC(O)c2ccc(O)c(CN)c2)ccc1O. The predicted molar refractivity (Wildman–Crippen MR) is 126 cm³/mol. The molecule has 2 aromatic rings. The number of aromatic hydroxyl groups is 2. The smallest absolute Gasteiger partial charge is 0.120 e. The van der Waals surface area contributed by atoms with Gasteiger partial charge >= 0.3 is 0 Å². The molecule has 0 heterocycles. The highest BCUT2D eigenvalue weighted by Gasteiger charge is 2.10. The van der Waals surface area contributed by atoms with Gasteiger partial charge in [0.25, 0.3) is 0 Å². The van der Waals surface area contributed by atoms with E-state index in [9.17, 15) is 20.4 Å². The number of phenols is 2. The number of aliphatic hydroxyl groups excluding tert-OH is 2. The van der Waals surface area contributed by atoms with Gasteiger partial charge in [0.1, 0.15) is 11.5 Å². The Balaban J connectivity index is 1.51. The van der Waals surface area contributed by atoms with Gasteiger partial charge in [-0.15, -0.1) is 0 Å². The molecule has 2 unspecified atom stereocenters. The van der Waals surface area contributed by atoms with Gasteiger partial charge in [-0.2, -0.15) is 0 Å². The molecule has 10 N–H and O–H groups in total. The van der Waals surface area contributed by atoms with E-state index in [4.69, 9.17) is 11.5 Å². The molecular formula is C24H38N4O4. The summed E-state index contributed by atoms with van der Waals surface area (Å²) < 4.78 is 0. The molecule has 0 spiro atoms. The lowest BCUT2D eigenvalue weighted by Crippen LogP contribution is -2.23. The summed E-state index contributed by atoms with van der Waals surface area (Å²) in [7, 11) is 0. The third-order valence-corrected chi connectivity index (χ3v) is 5.55. The summed E-state index contributed by atoms with van der Waals surface area (Å²) in [6.07, 6.45) is 2.95. The van der Waals surface area contributed by atoms with Crippen molar-refractivity contribution in [1.82, 2.24) is 10.6 Å². The van der Waals surface area contributed by atoms with Crippen molar-refractivity contribution in [3.05, 3.63) is 58.7 Å². The van der Waals surface area contributed by atoms with Gasteiger partial charge in [0.15, 0.2) is 0 Å². The molecule has 0 aliphatic carbocycles. The van der Waals surface area contributed by atoms with Gasteiger partial charge in [0.2, 0.25) is 0 Å². The molecule has 2 aromatic carbocycles. The molecule has 8 heteroatoms. The maximum Gasteiger partial charge on any atom is 0.120 e. The Bertz CT molecular complexity index is 751. The average Bonchev–Trinajstić information content (AvgIpc) is 2.80. The van der Waals surface area contributed by atoms with E-state index >= 15 is 0 Å². The summed E-state index contributed by atoms with van der Waals surface area (Å²) in [5, 5.41) is 46.4. The van der Waals surface area contributed by atoms with Crippen LogP contribution in [0.4, 0.5) is 0 Å². The summed E-state index contributed by atoms with van der Waals surface area (Å²) in [5.41, 5.74) is 13.9. The monoisotopic (exact) mass is 446 g/mol. The lowest BCUT2D eigenvalue weighted by molar-refractivity contribution is 0.173. The molecule has 0 radical (unpaired) electrons. The number of nitrogens with one attached hydrogen (secondary N) is 2. The van der Waals surface area contributed by atoms with Crippen molar-refractivity contribution in [1.29, 1.82) is 0 Å². The molecular weight excluding hydrogens is 408 g/mol. The number of nitrogens with two attached hydrogens (primary N) is 2. The van der Waals surface area contributed by atoms with Gasteiger partial charge in [0, 0.05) is 37.3 Å². The number of rotatable bonds is 15. The Kier molecular flexibility index (Phi) is 11.4. The fraction of sp³-hybridized carbons (Fsp3) is 0.500. The number of aliphatic hydroxyl groups is 2. The Morgan fingerprint density at radius 3 is 1.44 bits per heavy atom. The number of hydrogen-bond acceptors (Lipinski definition) is 8. The molecule has 0 bridgehead atoms.